The molecule has 0 unspecified atom stereocenters. The van der Waals surface area contributed by atoms with Crippen LogP contribution in [0.3, 0.4) is 0 Å². The van der Waals surface area contributed by atoms with Gasteiger partial charge in [0.25, 0.3) is 11.8 Å². The molecule has 2 heterocycles. The average Bonchev–Trinajstić information content (AvgIpc) is 3.22. The first kappa shape index (κ1) is 45.1. The smallest absolute Gasteiger partial charge is 0.481 e. The number of terminal acetylenes is 2. The highest BCUT2D eigenvalue weighted by Gasteiger charge is 2.32. The summed E-state index contributed by atoms with van der Waals surface area (Å²) in [5.41, 5.74) is -1.17. The highest BCUT2D eigenvalue weighted by Crippen LogP contribution is 2.48. The van der Waals surface area contributed by atoms with Gasteiger partial charge in [0.2, 0.25) is 5.95 Å². The fourth-order valence-corrected chi connectivity index (χ4v) is 6.10. The molecule has 0 radical (unpaired) electrons. The van der Waals surface area contributed by atoms with Gasteiger partial charge in [-0.3, -0.25) is 23.7 Å². The summed E-state index contributed by atoms with van der Waals surface area (Å²) in [6.07, 6.45) is 9.24. The molecule has 2 aromatic heterocycles. The van der Waals surface area contributed by atoms with Crippen LogP contribution in [0.5, 0.6) is 0 Å². The van der Waals surface area contributed by atoms with Crippen molar-refractivity contribution in [2.45, 2.75) is 38.0 Å². The predicted octanol–water partition coefficient (Wildman–Crippen LogP) is 5.27. The number of benzene rings is 3. The van der Waals surface area contributed by atoms with Crippen LogP contribution in [-0.4, -0.2) is 66.6 Å². The Balaban J connectivity index is 1.25. The molecule has 0 saturated carbocycles. The third kappa shape index (κ3) is 12.3. The summed E-state index contributed by atoms with van der Waals surface area (Å²) < 4.78 is 67.6. The van der Waals surface area contributed by atoms with Crippen molar-refractivity contribution >= 4 is 65.8 Å². The van der Waals surface area contributed by atoms with Crippen LogP contribution in [0.25, 0.3) is 11.2 Å². The van der Waals surface area contributed by atoms with Crippen molar-refractivity contribution in [1.29, 1.82) is 0 Å². The third-order valence-electron chi connectivity index (χ3n) is 8.37. The summed E-state index contributed by atoms with van der Waals surface area (Å²) in [7, 11) is -4.17. The minimum Gasteiger partial charge on any atom is -0.481 e. The molecule has 0 aliphatic heterocycles. The molecule has 5 rings (SSSR count). The lowest BCUT2D eigenvalue weighted by Crippen LogP contribution is -2.41. The lowest BCUT2D eigenvalue weighted by atomic mass is 10.1. The molecule has 0 aliphatic rings. The highest BCUT2D eigenvalue weighted by atomic mass is 31.2. The summed E-state index contributed by atoms with van der Waals surface area (Å²) >= 11 is 0. The predicted molar refractivity (Wildman–Crippen MR) is 214 cm³/mol. The molecule has 320 valence electrons. The number of aliphatic carboxylic acids is 2. The van der Waals surface area contributed by atoms with Crippen molar-refractivity contribution in [2.75, 3.05) is 22.6 Å². The molecule has 0 bridgehead atoms. The molecule has 62 heavy (non-hydrogen) atoms. The van der Waals surface area contributed by atoms with Gasteiger partial charge in [-0.2, -0.15) is 18.2 Å². The number of phosphoric ester groups is 1. The van der Waals surface area contributed by atoms with E-state index in [0.717, 1.165) is 6.07 Å². The van der Waals surface area contributed by atoms with Gasteiger partial charge < -0.3 is 45.5 Å². The quantitative estimate of drug-likeness (QED) is 0.0411. The van der Waals surface area contributed by atoms with Gasteiger partial charge in [0, 0.05) is 23.4 Å². The van der Waals surface area contributed by atoms with Gasteiger partial charge in [-0.1, -0.05) is 25.0 Å². The van der Waals surface area contributed by atoms with Gasteiger partial charge in [0.05, 0.1) is 41.9 Å². The normalized spacial score (nSPS) is 11.6. The third-order valence-corrected chi connectivity index (χ3v) is 9.53. The van der Waals surface area contributed by atoms with E-state index in [-0.39, 0.29) is 71.3 Å². The second kappa shape index (κ2) is 19.9. The number of hydrogen-bond donors (Lipinski definition) is 7. The number of H-pyrrole nitrogens is 1. The highest BCUT2D eigenvalue weighted by molar-refractivity contribution is 7.48. The van der Waals surface area contributed by atoms with Crippen LogP contribution in [0.2, 0.25) is 0 Å². The number of halogens is 3. The molecular formula is C39H32F3N8O11P. The molecule has 0 aliphatic carbocycles. The number of hydrogen-bond acceptors (Lipinski definition) is 14. The Morgan fingerprint density at radius 3 is 2.23 bits per heavy atom. The number of aromatic amines is 1. The number of amides is 2. The molecule has 19 nitrogen and oxygen atoms in total. The van der Waals surface area contributed by atoms with E-state index >= 15 is 0 Å². The Morgan fingerprint density at radius 1 is 0.919 bits per heavy atom. The van der Waals surface area contributed by atoms with E-state index in [1.807, 2.05) is 0 Å². The van der Waals surface area contributed by atoms with Crippen LogP contribution in [-0.2, 0) is 46.9 Å². The van der Waals surface area contributed by atoms with E-state index in [9.17, 15) is 46.8 Å². The minimum atomic E-state index is -4.80. The number of aromatic nitrogens is 4. The van der Waals surface area contributed by atoms with Crippen LogP contribution in [0, 0.1) is 25.1 Å². The monoisotopic (exact) mass is 876 g/mol. The molecule has 1 atom stereocenters. The molecule has 0 fully saturated rings. The van der Waals surface area contributed by atoms with Gasteiger partial charge >= 0.3 is 31.5 Å². The minimum absolute atomic E-state index is 0.0262. The second-order valence-corrected chi connectivity index (χ2v) is 14.2. The number of carboxylic acids is 2. The zero-order valence-corrected chi connectivity index (χ0v) is 32.6. The van der Waals surface area contributed by atoms with Gasteiger partial charge in [-0.05, 0) is 73.0 Å². The summed E-state index contributed by atoms with van der Waals surface area (Å²) in [4.78, 5) is 76.3. The zero-order chi connectivity index (χ0) is 45.0. The van der Waals surface area contributed by atoms with Crippen LogP contribution < -0.4 is 26.8 Å². The largest absolute Gasteiger partial charge is 0.604 e. The molecule has 0 saturated heterocycles. The average molecular weight is 877 g/mol. The number of phosphoric acid groups is 1. The Morgan fingerprint density at radius 2 is 1.60 bits per heavy atom. The Hall–Kier alpha value is -7.94. The van der Waals surface area contributed by atoms with E-state index in [0.29, 0.717) is 23.4 Å². The summed E-state index contributed by atoms with van der Waals surface area (Å²) in [6, 6.07) is 12.9. The van der Waals surface area contributed by atoms with E-state index in [1.54, 1.807) is 24.3 Å². The maximum atomic E-state index is 13.8. The Bertz CT molecular complexity index is 2660. The number of alkyl halides is 3. The number of fused-ring (bicyclic) bond motifs is 1. The first-order chi connectivity index (χ1) is 29.5. The molecule has 5 aromatic rings. The van der Waals surface area contributed by atoms with Crippen molar-refractivity contribution in [3.8, 4) is 25.1 Å². The van der Waals surface area contributed by atoms with Gasteiger partial charge in [0.15, 0.2) is 11.2 Å². The number of nitrogens with one attached hydrogen (secondary N) is 5. The van der Waals surface area contributed by atoms with Gasteiger partial charge in [-0.25, -0.2) is 19.3 Å². The molecule has 3 aromatic carbocycles. The van der Waals surface area contributed by atoms with Crippen LogP contribution in [0.4, 0.5) is 36.2 Å². The number of rotatable bonds is 19. The number of anilines is 4. The fourth-order valence-electron chi connectivity index (χ4n) is 5.38. The van der Waals surface area contributed by atoms with Crippen LogP contribution in [0.15, 0.2) is 77.7 Å². The van der Waals surface area contributed by atoms with E-state index in [2.05, 4.69) is 50.3 Å². The Kier molecular flexibility index (Phi) is 14.5. The standard InChI is InChI=1S/C39H32F3N8O11P/c1-3-59-62(58,60-4-2)61-18-17-22-5-10-26(11-6-22)46-35(54)28-14-9-24(39(40,41)42)19-30(28)48-38-49-33-32(36(55)50-38)45-27(21-44-33)20-43-25-12-7-23(8-13-25)34(53)47-29(37(56)57)15-16-31(51)52/h1-2,5-14,19,21,29,43H,15-18,20H2,(H,46,54)(H,47,53)(H,51,52)(H,56,57)(H2,44,48,49,50,55)/t29-/m0/s1. The number of carbonyl (C=O) groups excluding carboxylic acids is 2. The van der Waals surface area contributed by atoms with Gasteiger partial charge in [0.1, 0.15) is 18.3 Å². The summed E-state index contributed by atoms with van der Waals surface area (Å²) in [6.45, 7) is -0.151. The first-order valence-electron chi connectivity index (χ1n) is 17.7. The maximum absolute atomic E-state index is 13.8. The number of nitrogens with zero attached hydrogens (tertiary/aromatic N) is 3. The van der Waals surface area contributed by atoms with Crippen molar-refractivity contribution < 1.29 is 60.7 Å². The molecule has 0 spiro atoms. The fraction of sp³-hybridized carbons (Fsp3) is 0.179. The summed E-state index contributed by atoms with van der Waals surface area (Å²) in [5.74, 6) is -4.50. The topological polar surface area (TPSA) is 273 Å². The summed E-state index contributed by atoms with van der Waals surface area (Å²) in [5, 5.41) is 28.6. The second-order valence-electron chi connectivity index (χ2n) is 12.7. The van der Waals surface area contributed by atoms with Crippen molar-refractivity contribution in [3.63, 3.8) is 0 Å². The van der Waals surface area contributed by atoms with Gasteiger partial charge in [-0.15, -0.1) is 0 Å². The SMILES string of the molecule is C#COP(=O)(OC#C)OCCc1ccc(NC(=O)c2ccc(C(F)(F)F)cc2Nc2nc(=O)c3nc(CNc4ccc(C(=O)N[C@@H](CCC(=O)O)C(=O)O)cc4)cnc3[nH]2)cc1. The first-order valence-corrected chi connectivity index (χ1v) is 19.2. The van der Waals surface area contributed by atoms with Crippen molar-refractivity contribution in [3.05, 3.63) is 111 Å². The van der Waals surface area contributed by atoms with E-state index < -0.39 is 61.3 Å². The molecule has 2 amide bonds. The lowest BCUT2D eigenvalue weighted by molar-refractivity contribution is -0.141. The van der Waals surface area contributed by atoms with Crippen molar-refractivity contribution in [2.24, 2.45) is 0 Å². The molecule has 23 heteroatoms. The van der Waals surface area contributed by atoms with E-state index in [4.69, 9.17) is 22.5 Å². The Labute approximate surface area is 348 Å². The van der Waals surface area contributed by atoms with Crippen LogP contribution in [0.1, 0.15) is 50.4 Å². The van der Waals surface area contributed by atoms with Crippen LogP contribution >= 0.6 is 7.82 Å². The number of carboxylic acid groups (broad SMARTS) is 2. The molecule has 7 N–H and O–H groups in total. The zero-order valence-electron chi connectivity index (χ0n) is 31.7. The lowest BCUT2D eigenvalue weighted by Gasteiger charge is -2.15. The number of carbonyl (C=O) groups is 4. The van der Waals surface area contributed by atoms with E-state index in [1.165, 1.54) is 42.6 Å². The molecular weight excluding hydrogens is 844 g/mol. The van der Waals surface area contributed by atoms with Crippen molar-refractivity contribution in [1.82, 2.24) is 25.3 Å². The maximum Gasteiger partial charge on any atom is 0.604 e.